The Hall–Kier alpha value is -2.77. The maximum Gasteiger partial charge on any atom is 0.311 e. The van der Waals surface area contributed by atoms with Crippen LogP contribution in [0.1, 0.15) is 36.5 Å². The van der Waals surface area contributed by atoms with Crippen LogP contribution >= 0.6 is 0 Å². The molecule has 27 heavy (non-hydrogen) atoms. The van der Waals surface area contributed by atoms with Crippen molar-refractivity contribution in [2.24, 2.45) is 11.3 Å². The Morgan fingerprint density at radius 2 is 2.00 bits per heavy atom. The fraction of sp³-hybridized carbons (Fsp3) is 0.526. The molecule has 0 aromatic heterocycles. The Balaban J connectivity index is 1.93. The Morgan fingerprint density at radius 1 is 1.26 bits per heavy atom. The van der Waals surface area contributed by atoms with Gasteiger partial charge in [0.15, 0.2) is 11.5 Å². The van der Waals surface area contributed by atoms with E-state index in [0.29, 0.717) is 35.7 Å². The molecule has 0 bridgehead atoms. The number of carbonyl (C=O) groups excluding carboxylic acids is 2. The summed E-state index contributed by atoms with van der Waals surface area (Å²) < 4.78 is 10.6. The number of ether oxygens (including phenoxy) is 2. The Bertz CT molecular complexity index is 793. The van der Waals surface area contributed by atoms with Crippen LogP contribution in [0.15, 0.2) is 12.1 Å². The van der Waals surface area contributed by atoms with Crippen LogP contribution in [0.4, 0.5) is 5.69 Å². The molecule has 1 heterocycles. The Labute approximate surface area is 157 Å². The van der Waals surface area contributed by atoms with E-state index in [0.717, 1.165) is 12.8 Å². The highest BCUT2D eigenvalue weighted by molar-refractivity contribution is 5.99. The quantitative estimate of drug-likeness (QED) is 0.814. The molecule has 3 rings (SSSR count). The first-order valence-corrected chi connectivity index (χ1v) is 8.88. The third kappa shape index (κ3) is 3.20. The molecule has 146 valence electrons. The zero-order valence-electron chi connectivity index (χ0n) is 15.7. The van der Waals surface area contributed by atoms with E-state index < -0.39 is 11.4 Å². The first-order chi connectivity index (χ1) is 12.8. The minimum Gasteiger partial charge on any atom is -0.493 e. The number of hydrogen-bond acceptors (Lipinski definition) is 5. The van der Waals surface area contributed by atoms with Crippen molar-refractivity contribution >= 4 is 23.5 Å². The molecule has 2 atom stereocenters. The molecule has 1 aliphatic heterocycles. The van der Waals surface area contributed by atoms with E-state index in [1.165, 1.54) is 27.2 Å². The number of benzene rings is 1. The molecule has 0 spiro atoms. The number of aliphatic carboxylic acids is 1. The van der Waals surface area contributed by atoms with Gasteiger partial charge in [-0.3, -0.25) is 14.4 Å². The van der Waals surface area contributed by atoms with Gasteiger partial charge < -0.3 is 24.8 Å². The van der Waals surface area contributed by atoms with E-state index in [1.54, 1.807) is 11.0 Å². The van der Waals surface area contributed by atoms with Crippen molar-refractivity contribution in [1.82, 2.24) is 4.90 Å². The Morgan fingerprint density at radius 3 is 2.56 bits per heavy atom. The average molecular weight is 376 g/mol. The second-order valence-corrected chi connectivity index (χ2v) is 7.18. The molecule has 1 saturated heterocycles. The number of nitrogens with one attached hydrogen (secondary N) is 1. The summed E-state index contributed by atoms with van der Waals surface area (Å²) in [6, 6.07) is 3.08. The number of anilines is 1. The van der Waals surface area contributed by atoms with Crippen LogP contribution in [0.2, 0.25) is 0 Å². The lowest BCUT2D eigenvalue weighted by atomic mass is 9.81. The molecule has 1 aliphatic carbocycles. The number of nitrogens with zero attached hydrogens (tertiary/aromatic N) is 1. The number of hydrogen-bond donors (Lipinski definition) is 2. The number of likely N-dealkylation sites (tertiary alicyclic amines) is 1. The highest BCUT2D eigenvalue weighted by Crippen LogP contribution is 2.49. The van der Waals surface area contributed by atoms with Gasteiger partial charge in [0, 0.05) is 25.6 Å². The summed E-state index contributed by atoms with van der Waals surface area (Å²) in [7, 11) is 2.90. The van der Waals surface area contributed by atoms with Gasteiger partial charge in [-0.1, -0.05) is 6.42 Å². The SMILES string of the molecule is COc1cc(C(=O)N2C[C@@H]3CCC[C@@]3(C(=O)O)C2)cc(NC(C)=O)c1OC. The molecular formula is C19H24N2O6. The van der Waals surface area contributed by atoms with Gasteiger partial charge in [0.2, 0.25) is 5.91 Å². The molecule has 0 unspecified atom stereocenters. The van der Waals surface area contributed by atoms with Crippen LogP contribution in [0.25, 0.3) is 0 Å². The molecule has 1 aromatic rings. The second kappa shape index (κ2) is 7.09. The third-order valence-electron chi connectivity index (χ3n) is 5.62. The molecular weight excluding hydrogens is 352 g/mol. The van der Waals surface area contributed by atoms with E-state index in [2.05, 4.69) is 5.32 Å². The van der Waals surface area contributed by atoms with Crippen molar-refractivity contribution in [3.8, 4) is 11.5 Å². The third-order valence-corrected chi connectivity index (χ3v) is 5.62. The van der Waals surface area contributed by atoms with Crippen LogP contribution in [0, 0.1) is 11.3 Å². The largest absolute Gasteiger partial charge is 0.493 e. The topological polar surface area (TPSA) is 105 Å². The van der Waals surface area contributed by atoms with Gasteiger partial charge >= 0.3 is 5.97 Å². The predicted molar refractivity (Wildman–Crippen MR) is 97.2 cm³/mol. The number of rotatable bonds is 5. The zero-order chi connectivity index (χ0) is 19.8. The lowest BCUT2D eigenvalue weighted by molar-refractivity contribution is -0.149. The molecule has 2 fully saturated rings. The van der Waals surface area contributed by atoms with Gasteiger partial charge in [-0.15, -0.1) is 0 Å². The molecule has 1 aromatic carbocycles. The van der Waals surface area contributed by atoms with Gasteiger partial charge in [-0.2, -0.15) is 0 Å². The van der Waals surface area contributed by atoms with Gasteiger partial charge in [-0.25, -0.2) is 0 Å². The van der Waals surface area contributed by atoms with Crippen molar-refractivity contribution in [2.75, 3.05) is 32.6 Å². The molecule has 0 radical (unpaired) electrons. The summed E-state index contributed by atoms with van der Waals surface area (Å²) in [4.78, 5) is 38.0. The van der Waals surface area contributed by atoms with Crippen molar-refractivity contribution in [3.63, 3.8) is 0 Å². The normalized spacial score (nSPS) is 23.7. The van der Waals surface area contributed by atoms with E-state index >= 15 is 0 Å². The smallest absolute Gasteiger partial charge is 0.311 e. The fourth-order valence-electron chi connectivity index (χ4n) is 4.35. The molecule has 2 amide bonds. The van der Waals surface area contributed by atoms with E-state index in [9.17, 15) is 19.5 Å². The molecule has 8 heteroatoms. The number of carboxylic acid groups (broad SMARTS) is 1. The molecule has 2 aliphatic rings. The first-order valence-electron chi connectivity index (χ1n) is 8.88. The van der Waals surface area contributed by atoms with Crippen LogP contribution in [0.3, 0.4) is 0 Å². The van der Waals surface area contributed by atoms with Gasteiger partial charge in [0.1, 0.15) is 0 Å². The number of fused-ring (bicyclic) bond motifs is 1. The summed E-state index contributed by atoms with van der Waals surface area (Å²) in [5.41, 5.74) is -0.191. The summed E-state index contributed by atoms with van der Waals surface area (Å²) in [6.45, 7) is 1.99. The van der Waals surface area contributed by atoms with Crippen molar-refractivity contribution in [1.29, 1.82) is 0 Å². The predicted octanol–water partition coefficient (Wildman–Crippen LogP) is 1.99. The number of methoxy groups -OCH3 is 2. The van der Waals surface area contributed by atoms with Crippen molar-refractivity contribution < 1.29 is 29.0 Å². The van der Waals surface area contributed by atoms with E-state index in [-0.39, 0.29) is 24.3 Å². The molecule has 8 nitrogen and oxygen atoms in total. The maximum atomic E-state index is 13.1. The number of carboxylic acids is 1. The minimum absolute atomic E-state index is 0.0195. The maximum absolute atomic E-state index is 13.1. The number of amides is 2. The van der Waals surface area contributed by atoms with E-state index in [1.807, 2.05) is 0 Å². The summed E-state index contributed by atoms with van der Waals surface area (Å²) >= 11 is 0. The monoisotopic (exact) mass is 376 g/mol. The van der Waals surface area contributed by atoms with Gasteiger partial charge in [0.05, 0.1) is 25.3 Å². The number of carbonyl (C=O) groups is 3. The standard InChI is InChI=1S/C19H24N2O6/c1-11(22)20-14-7-12(8-15(26-2)16(14)27-3)17(23)21-9-13-5-4-6-19(13,10-21)18(24)25/h7-8,13H,4-6,9-10H2,1-3H3,(H,20,22)(H,24,25)/t13-,19+/m0/s1. The zero-order valence-corrected chi connectivity index (χ0v) is 15.7. The van der Waals surface area contributed by atoms with Crippen LogP contribution in [0.5, 0.6) is 11.5 Å². The highest BCUT2D eigenvalue weighted by Gasteiger charge is 2.55. The summed E-state index contributed by atoms with van der Waals surface area (Å²) in [5, 5.41) is 12.4. The summed E-state index contributed by atoms with van der Waals surface area (Å²) in [6.07, 6.45) is 2.29. The van der Waals surface area contributed by atoms with Crippen LogP contribution < -0.4 is 14.8 Å². The average Bonchev–Trinajstić information content (AvgIpc) is 3.18. The summed E-state index contributed by atoms with van der Waals surface area (Å²) in [5.74, 6) is -0.789. The first kappa shape index (κ1) is 19.0. The fourth-order valence-corrected chi connectivity index (χ4v) is 4.35. The lowest BCUT2D eigenvalue weighted by Gasteiger charge is -2.23. The lowest BCUT2D eigenvalue weighted by Crippen LogP contribution is -2.37. The van der Waals surface area contributed by atoms with Crippen molar-refractivity contribution in [2.45, 2.75) is 26.2 Å². The van der Waals surface area contributed by atoms with Crippen LogP contribution in [-0.4, -0.2) is 55.1 Å². The molecule has 2 N–H and O–H groups in total. The Kier molecular flexibility index (Phi) is 4.99. The van der Waals surface area contributed by atoms with Crippen molar-refractivity contribution in [3.05, 3.63) is 17.7 Å². The second-order valence-electron chi connectivity index (χ2n) is 7.18. The van der Waals surface area contributed by atoms with Gasteiger partial charge in [0.25, 0.3) is 5.91 Å². The highest BCUT2D eigenvalue weighted by atomic mass is 16.5. The minimum atomic E-state index is -0.841. The van der Waals surface area contributed by atoms with Gasteiger partial charge in [-0.05, 0) is 30.9 Å². The van der Waals surface area contributed by atoms with E-state index in [4.69, 9.17) is 9.47 Å². The molecule has 1 saturated carbocycles. The van der Waals surface area contributed by atoms with Crippen LogP contribution in [-0.2, 0) is 9.59 Å².